The maximum atomic E-state index is 12.7. The van der Waals surface area contributed by atoms with Gasteiger partial charge in [-0.15, -0.1) is 0 Å². The average molecular weight is 280 g/mol. The van der Waals surface area contributed by atoms with Gasteiger partial charge in [-0.25, -0.2) is 15.0 Å². The molecule has 0 aromatic carbocycles. The first-order valence-electron chi connectivity index (χ1n) is 5.53. The van der Waals surface area contributed by atoms with Gasteiger partial charge < -0.3 is 0 Å². The third-order valence-electron chi connectivity index (χ3n) is 2.56. The number of alkyl halides is 3. The van der Waals surface area contributed by atoms with Crippen LogP contribution in [0.15, 0.2) is 24.7 Å². The Bertz CT molecular complexity index is 779. The molecule has 0 aliphatic rings. The first-order chi connectivity index (χ1) is 9.45. The number of aryl methyl sites for hydroxylation is 1. The molecule has 0 atom stereocenters. The molecule has 3 aromatic heterocycles. The highest BCUT2D eigenvalue weighted by Crippen LogP contribution is 2.28. The van der Waals surface area contributed by atoms with Crippen molar-refractivity contribution < 1.29 is 13.2 Å². The van der Waals surface area contributed by atoms with Crippen molar-refractivity contribution in [2.75, 3.05) is 0 Å². The molecule has 0 bridgehead atoms. The summed E-state index contributed by atoms with van der Waals surface area (Å²) in [6.45, 7) is 1.70. The molecule has 6 nitrogen and oxygen atoms in total. The van der Waals surface area contributed by atoms with E-state index in [1.54, 1.807) is 13.0 Å². The third kappa shape index (κ3) is 2.06. The molecule has 0 N–H and O–H groups in total. The summed E-state index contributed by atoms with van der Waals surface area (Å²) in [5, 5.41) is 3.91. The van der Waals surface area contributed by atoms with E-state index < -0.39 is 11.9 Å². The van der Waals surface area contributed by atoms with Crippen molar-refractivity contribution in [3.63, 3.8) is 0 Å². The molecule has 3 aromatic rings. The Morgan fingerprint density at radius 3 is 2.70 bits per heavy atom. The van der Waals surface area contributed by atoms with Crippen LogP contribution < -0.4 is 0 Å². The summed E-state index contributed by atoms with van der Waals surface area (Å²) in [4.78, 5) is 15.4. The molecule has 0 radical (unpaired) electrons. The highest BCUT2D eigenvalue weighted by Gasteiger charge is 2.33. The predicted molar refractivity (Wildman–Crippen MR) is 61.5 cm³/mol. The van der Waals surface area contributed by atoms with Gasteiger partial charge in [-0.3, -0.25) is 0 Å². The van der Waals surface area contributed by atoms with Crippen LogP contribution >= 0.6 is 0 Å². The van der Waals surface area contributed by atoms with Gasteiger partial charge >= 0.3 is 6.18 Å². The van der Waals surface area contributed by atoms with Crippen molar-refractivity contribution >= 4 is 5.78 Å². The molecule has 9 heteroatoms. The number of fused-ring (bicyclic) bond motifs is 1. The van der Waals surface area contributed by atoms with Crippen LogP contribution in [0.1, 0.15) is 11.4 Å². The third-order valence-corrected chi connectivity index (χ3v) is 2.56. The number of hydrogen-bond acceptors (Lipinski definition) is 5. The van der Waals surface area contributed by atoms with Crippen molar-refractivity contribution in [3.05, 3.63) is 36.0 Å². The average Bonchev–Trinajstić information content (AvgIpc) is 2.85. The number of aromatic nitrogens is 6. The van der Waals surface area contributed by atoms with Crippen molar-refractivity contribution in [2.24, 2.45) is 0 Å². The van der Waals surface area contributed by atoms with E-state index in [9.17, 15) is 13.2 Å². The topological polar surface area (TPSA) is 68.9 Å². The zero-order chi connectivity index (χ0) is 14.3. The first-order valence-corrected chi connectivity index (χ1v) is 5.53. The lowest BCUT2D eigenvalue weighted by Gasteiger charge is -2.08. The summed E-state index contributed by atoms with van der Waals surface area (Å²) in [6, 6.07) is 2.37. The minimum absolute atomic E-state index is 0.0826. The number of rotatable bonds is 1. The molecule has 0 fully saturated rings. The van der Waals surface area contributed by atoms with Crippen molar-refractivity contribution in [2.45, 2.75) is 13.1 Å². The number of halogens is 3. The Kier molecular flexibility index (Phi) is 2.63. The standard InChI is InChI=1S/C11H7F3N6/c1-6-4-7(20-10(18-6)16-5-17-20)9-15-3-2-8(19-9)11(12,13)14/h2-5H,1H3. The molecule has 3 rings (SSSR count). The second-order valence-corrected chi connectivity index (χ2v) is 4.02. The minimum Gasteiger partial charge on any atom is -0.235 e. The summed E-state index contributed by atoms with van der Waals surface area (Å²) in [6.07, 6.45) is -2.20. The fraction of sp³-hybridized carbons (Fsp3) is 0.182. The minimum atomic E-state index is -4.53. The summed E-state index contributed by atoms with van der Waals surface area (Å²) in [5.74, 6) is 0.196. The Hall–Kier alpha value is -2.58. The molecule has 102 valence electrons. The van der Waals surface area contributed by atoms with Crippen LogP contribution in [0.3, 0.4) is 0 Å². The second-order valence-electron chi connectivity index (χ2n) is 4.02. The quantitative estimate of drug-likeness (QED) is 0.681. The van der Waals surface area contributed by atoms with Crippen LogP contribution in [-0.2, 0) is 6.18 Å². The molecule has 0 spiro atoms. The van der Waals surface area contributed by atoms with E-state index in [1.165, 1.54) is 10.8 Å². The van der Waals surface area contributed by atoms with Gasteiger partial charge in [0.25, 0.3) is 5.78 Å². The smallest absolute Gasteiger partial charge is 0.235 e. The van der Waals surface area contributed by atoms with Gasteiger partial charge in [0.2, 0.25) is 0 Å². The number of nitrogens with zero attached hydrogens (tertiary/aromatic N) is 6. The van der Waals surface area contributed by atoms with E-state index in [1.807, 2.05) is 0 Å². The van der Waals surface area contributed by atoms with E-state index in [0.717, 1.165) is 12.3 Å². The zero-order valence-electron chi connectivity index (χ0n) is 10.1. The van der Waals surface area contributed by atoms with Crippen molar-refractivity contribution in [3.8, 4) is 11.5 Å². The van der Waals surface area contributed by atoms with Crippen LogP contribution in [0.2, 0.25) is 0 Å². The molecule has 0 amide bonds. The fourth-order valence-corrected chi connectivity index (χ4v) is 1.73. The highest BCUT2D eigenvalue weighted by molar-refractivity contribution is 5.54. The summed E-state index contributed by atoms with van der Waals surface area (Å²) in [7, 11) is 0. The molecule has 0 aliphatic heterocycles. The molecule has 0 saturated heterocycles. The van der Waals surface area contributed by atoms with Crippen LogP contribution in [0.25, 0.3) is 17.3 Å². The van der Waals surface area contributed by atoms with Gasteiger partial charge in [0.05, 0.1) is 0 Å². The van der Waals surface area contributed by atoms with Crippen LogP contribution in [0, 0.1) is 6.92 Å². The Morgan fingerprint density at radius 2 is 1.95 bits per heavy atom. The summed E-state index contributed by atoms with van der Waals surface area (Å²) < 4.78 is 39.3. The first kappa shape index (κ1) is 12.5. The van der Waals surface area contributed by atoms with Crippen LogP contribution in [0.4, 0.5) is 13.2 Å². The van der Waals surface area contributed by atoms with Crippen LogP contribution in [0.5, 0.6) is 0 Å². The summed E-state index contributed by atoms with van der Waals surface area (Å²) in [5.41, 5.74) is -0.122. The molecular weight excluding hydrogens is 273 g/mol. The molecule has 3 heterocycles. The summed E-state index contributed by atoms with van der Waals surface area (Å²) >= 11 is 0. The van der Waals surface area contributed by atoms with E-state index in [0.29, 0.717) is 11.4 Å². The van der Waals surface area contributed by atoms with E-state index in [2.05, 4.69) is 25.0 Å². The van der Waals surface area contributed by atoms with Gasteiger partial charge in [0.15, 0.2) is 5.82 Å². The van der Waals surface area contributed by atoms with E-state index in [-0.39, 0.29) is 11.6 Å². The van der Waals surface area contributed by atoms with E-state index >= 15 is 0 Å². The molecule has 20 heavy (non-hydrogen) atoms. The second kappa shape index (κ2) is 4.22. The predicted octanol–water partition coefficient (Wildman–Crippen LogP) is 1.91. The Labute approximate surface area is 110 Å². The molecular formula is C11H7F3N6. The lowest BCUT2D eigenvalue weighted by atomic mass is 10.3. The van der Waals surface area contributed by atoms with Gasteiger partial charge in [0.1, 0.15) is 17.7 Å². The zero-order valence-corrected chi connectivity index (χ0v) is 10.1. The van der Waals surface area contributed by atoms with E-state index in [4.69, 9.17) is 0 Å². The highest BCUT2D eigenvalue weighted by atomic mass is 19.4. The molecule has 0 saturated carbocycles. The van der Waals surface area contributed by atoms with Gasteiger partial charge in [-0.2, -0.15) is 27.8 Å². The monoisotopic (exact) mass is 280 g/mol. The van der Waals surface area contributed by atoms with Gasteiger partial charge in [-0.05, 0) is 19.1 Å². The number of hydrogen-bond donors (Lipinski definition) is 0. The normalized spacial score (nSPS) is 12.0. The maximum Gasteiger partial charge on any atom is 0.433 e. The van der Waals surface area contributed by atoms with Gasteiger partial charge in [0, 0.05) is 11.9 Å². The Morgan fingerprint density at radius 1 is 1.15 bits per heavy atom. The van der Waals surface area contributed by atoms with Crippen molar-refractivity contribution in [1.82, 2.24) is 29.5 Å². The Balaban J connectivity index is 2.23. The van der Waals surface area contributed by atoms with Crippen molar-refractivity contribution in [1.29, 1.82) is 0 Å². The van der Waals surface area contributed by atoms with Crippen LogP contribution in [-0.4, -0.2) is 29.5 Å². The largest absolute Gasteiger partial charge is 0.433 e. The fourth-order valence-electron chi connectivity index (χ4n) is 1.73. The molecule has 0 aliphatic carbocycles. The lowest BCUT2D eigenvalue weighted by molar-refractivity contribution is -0.141. The SMILES string of the molecule is Cc1cc(-c2nccc(C(F)(F)F)n2)n2ncnc2n1. The lowest BCUT2D eigenvalue weighted by Crippen LogP contribution is -2.10. The van der Waals surface area contributed by atoms with Gasteiger partial charge in [-0.1, -0.05) is 0 Å². The molecule has 0 unspecified atom stereocenters. The maximum absolute atomic E-state index is 12.7.